The van der Waals surface area contributed by atoms with Gasteiger partial charge in [0, 0.05) is 37.4 Å². The van der Waals surface area contributed by atoms with Gasteiger partial charge in [0.1, 0.15) is 37.1 Å². The number of fused-ring (bicyclic) bond motifs is 2. The van der Waals surface area contributed by atoms with Crippen molar-refractivity contribution in [1.29, 1.82) is 0 Å². The van der Waals surface area contributed by atoms with E-state index in [9.17, 15) is 24.0 Å². The van der Waals surface area contributed by atoms with Crippen molar-refractivity contribution >= 4 is 40.3 Å². The Labute approximate surface area is 265 Å². The maximum absolute atomic E-state index is 14.1. The zero-order chi connectivity index (χ0) is 32.5. The molecule has 0 bridgehead atoms. The average molecular weight is 624 g/mol. The predicted octanol–water partition coefficient (Wildman–Crippen LogP) is 3.07. The van der Waals surface area contributed by atoms with Crippen molar-refractivity contribution in [2.45, 2.75) is 116 Å². The molecular formula is C34H49N5O6. The Kier molecular flexibility index (Phi) is 12.0. The summed E-state index contributed by atoms with van der Waals surface area (Å²) in [7, 11) is 1.56. The number of ketones is 1. The topological polar surface area (TPSA) is 139 Å². The number of hydrogen-bond acceptors (Lipinski definition) is 6. The van der Waals surface area contributed by atoms with Crippen molar-refractivity contribution in [3.8, 4) is 0 Å². The molecule has 5 atom stereocenters. The number of aromatic nitrogens is 1. The average Bonchev–Trinajstić information content (AvgIpc) is 3.41. The summed E-state index contributed by atoms with van der Waals surface area (Å²) in [5.74, 6) is -1.51. The van der Waals surface area contributed by atoms with Crippen LogP contribution in [-0.2, 0) is 30.4 Å². The highest BCUT2D eigenvalue weighted by Gasteiger charge is 2.40. The molecule has 1 aromatic carbocycles. The molecule has 4 unspecified atom stereocenters. The second kappa shape index (κ2) is 15.9. The normalized spacial score (nSPS) is 23.7. The third-order valence-electron chi connectivity index (χ3n) is 9.35. The summed E-state index contributed by atoms with van der Waals surface area (Å²) >= 11 is 0. The van der Waals surface area contributed by atoms with Crippen LogP contribution in [0.5, 0.6) is 0 Å². The quantitative estimate of drug-likeness (QED) is 0.311. The number of piperidine rings is 1. The largest absolute Gasteiger partial charge is 0.417 e. The number of unbranched alkanes of at least 4 members (excludes halogenated alkanes) is 2. The van der Waals surface area contributed by atoms with Crippen LogP contribution in [0.25, 0.3) is 10.9 Å². The van der Waals surface area contributed by atoms with Gasteiger partial charge < -0.3 is 25.7 Å². The second-order valence-electron chi connectivity index (χ2n) is 12.4. The Morgan fingerprint density at radius 2 is 1.71 bits per heavy atom. The number of hydrogen-bond donors (Lipinski definition) is 3. The zero-order valence-electron chi connectivity index (χ0n) is 27.1. The standard InChI is InChI=1S/C34H49N5O6/c1-5-22(3)30-33(43)36-27(20-23-21-39(45-4)28-17-11-10-15-25(23)28)31(41)35-26(16-9-7-8-14-24(40)6-2)34(44)38-19-13-12-18-29(38)32(42)37-30/h10-11,15,17,21-22,26-27,29-30H,5-9,12-14,16,18-20H2,1-4H3,(H,35,41)(H,36,43)(H,37,42)/t22?,26?,27?,29-,30?/m1/s1. The lowest BCUT2D eigenvalue weighted by molar-refractivity contribution is -0.147. The van der Waals surface area contributed by atoms with Crippen LogP contribution in [0.1, 0.15) is 90.5 Å². The fourth-order valence-corrected chi connectivity index (χ4v) is 6.40. The van der Waals surface area contributed by atoms with Crippen molar-refractivity contribution in [1.82, 2.24) is 25.6 Å². The summed E-state index contributed by atoms with van der Waals surface area (Å²) in [4.78, 5) is 74.6. The Hall–Kier alpha value is -3.89. The van der Waals surface area contributed by atoms with E-state index >= 15 is 0 Å². The van der Waals surface area contributed by atoms with E-state index in [2.05, 4.69) is 16.0 Å². The van der Waals surface area contributed by atoms with E-state index in [4.69, 9.17) is 4.84 Å². The summed E-state index contributed by atoms with van der Waals surface area (Å²) in [5, 5.41) is 9.75. The fourth-order valence-electron chi connectivity index (χ4n) is 6.40. The zero-order valence-corrected chi connectivity index (χ0v) is 27.1. The number of nitrogens with one attached hydrogen (secondary N) is 3. The molecule has 1 aromatic heterocycles. The number of nitrogens with zero attached hydrogens (tertiary/aromatic N) is 2. The van der Waals surface area contributed by atoms with Crippen LogP contribution >= 0.6 is 0 Å². The minimum absolute atomic E-state index is 0.155. The van der Waals surface area contributed by atoms with Crippen molar-refractivity contribution in [3.63, 3.8) is 0 Å². The predicted molar refractivity (Wildman–Crippen MR) is 171 cm³/mol. The first kappa shape index (κ1) is 34.0. The molecule has 3 heterocycles. The smallest absolute Gasteiger partial charge is 0.245 e. The van der Waals surface area contributed by atoms with Gasteiger partial charge in [-0.2, -0.15) is 4.73 Å². The molecule has 2 aliphatic rings. The molecule has 4 rings (SSSR count). The van der Waals surface area contributed by atoms with Gasteiger partial charge >= 0.3 is 0 Å². The Morgan fingerprint density at radius 1 is 0.956 bits per heavy atom. The van der Waals surface area contributed by atoms with Gasteiger partial charge in [-0.25, -0.2) is 0 Å². The number of carbonyl (C=O) groups is 5. The molecule has 2 fully saturated rings. The molecule has 11 heteroatoms. The number of para-hydroxylation sites is 1. The van der Waals surface area contributed by atoms with Crippen LogP contribution < -0.4 is 20.8 Å². The van der Waals surface area contributed by atoms with Gasteiger partial charge in [0.25, 0.3) is 0 Å². The van der Waals surface area contributed by atoms with E-state index < -0.39 is 36.0 Å². The minimum atomic E-state index is -1.01. The second-order valence-corrected chi connectivity index (χ2v) is 12.4. The Bertz CT molecular complexity index is 1370. The summed E-state index contributed by atoms with van der Waals surface area (Å²) in [6.07, 6.45) is 8.10. The highest BCUT2D eigenvalue weighted by Crippen LogP contribution is 2.24. The number of benzene rings is 1. The van der Waals surface area contributed by atoms with Crippen molar-refractivity contribution < 1.29 is 28.8 Å². The van der Waals surface area contributed by atoms with Crippen molar-refractivity contribution in [3.05, 3.63) is 36.0 Å². The number of amides is 4. The third-order valence-corrected chi connectivity index (χ3v) is 9.35. The van der Waals surface area contributed by atoms with Crippen LogP contribution in [0.4, 0.5) is 0 Å². The summed E-state index contributed by atoms with van der Waals surface area (Å²) < 4.78 is 1.62. The first-order valence-electron chi connectivity index (χ1n) is 16.5. The van der Waals surface area contributed by atoms with Gasteiger partial charge in [0.2, 0.25) is 23.6 Å². The van der Waals surface area contributed by atoms with Crippen LogP contribution in [0.3, 0.4) is 0 Å². The molecule has 0 radical (unpaired) electrons. The molecule has 11 nitrogen and oxygen atoms in total. The van der Waals surface area contributed by atoms with Gasteiger partial charge in [0.15, 0.2) is 0 Å². The summed E-state index contributed by atoms with van der Waals surface area (Å²) in [5.41, 5.74) is 1.62. The fraction of sp³-hybridized carbons (Fsp3) is 0.618. The van der Waals surface area contributed by atoms with Crippen LogP contribution in [0.15, 0.2) is 30.5 Å². The molecular weight excluding hydrogens is 574 g/mol. The highest BCUT2D eigenvalue weighted by molar-refractivity contribution is 5.98. The van der Waals surface area contributed by atoms with Gasteiger partial charge in [-0.1, -0.05) is 58.2 Å². The lowest BCUT2D eigenvalue weighted by atomic mass is 9.94. The molecule has 2 aliphatic heterocycles. The molecule has 246 valence electrons. The van der Waals surface area contributed by atoms with Gasteiger partial charge in [-0.3, -0.25) is 24.0 Å². The van der Waals surface area contributed by atoms with Crippen LogP contribution in [0.2, 0.25) is 0 Å². The molecule has 4 amide bonds. The molecule has 0 spiro atoms. The van der Waals surface area contributed by atoms with Gasteiger partial charge in [0.05, 0.1) is 5.52 Å². The Morgan fingerprint density at radius 3 is 2.44 bits per heavy atom. The number of carbonyl (C=O) groups excluding carboxylic acids is 5. The summed E-state index contributed by atoms with van der Waals surface area (Å²) in [6.45, 7) is 6.10. The number of Topliss-reactive ketones (excluding diaryl/α,β-unsaturated/α-hetero) is 1. The maximum atomic E-state index is 14.1. The molecule has 2 saturated heterocycles. The third kappa shape index (κ3) is 8.23. The van der Waals surface area contributed by atoms with E-state index in [1.165, 1.54) is 0 Å². The molecule has 45 heavy (non-hydrogen) atoms. The first-order chi connectivity index (χ1) is 21.7. The van der Waals surface area contributed by atoms with E-state index in [-0.39, 0.29) is 29.9 Å². The molecule has 0 aliphatic carbocycles. The van der Waals surface area contributed by atoms with Crippen molar-refractivity contribution in [2.75, 3.05) is 13.7 Å². The molecule has 2 aromatic rings. The van der Waals surface area contributed by atoms with Crippen LogP contribution in [0, 0.1) is 5.92 Å². The van der Waals surface area contributed by atoms with E-state index in [0.717, 1.165) is 42.1 Å². The molecule has 0 saturated carbocycles. The minimum Gasteiger partial charge on any atom is -0.417 e. The van der Waals surface area contributed by atoms with E-state index in [0.29, 0.717) is 45.1 Å². The van der Waals surface area contributed by atoms with Gasteiger partial charge in [-0.15, -0.1) is 0 Å². The van der Waals surface area contributed by atoms with Crippen LogP contribution in [-0.4, -0.2) is 76.9 Å². The number of rotatable bonds is 12. The SMILES string of the molecule is CCC(=O)CCCCCC1NC(=O)C(Cc2cn(OC)c3ccccc23)NC(=O)C(C(C)CC)NC(=O)[C@H]2CCCCN2C1=O. The lowest BCUT2D eigenvalue weighted by Crippen LogP contribution is -2.64. The lowest BCUT2D eigenvalue weighted by Gasteiger charge is -2.39. The van der Waals surface area contributed by atoms with E-state index in [1.807, 2.05) is 45.0 Å². The van der Waals surface area contributed by atoms with Crippen molar-refractivity contribution in [2.24, 2.45) is 5.92 Å². The molecule has 3 N–H and O–H groups in total. The highest BCUT2D eigenvalue weighted by atomic mass is 16.6. The first-order valence-corrected chi connectivity index (χ1v) is 16.5. The maximum Gasteiger partial charge on any atom is 0.245 e. The summed E-state index contributed by atoms with van der Waals surface area (Å²) in [6, 6.07) is 4.20. The van der Waals surface area contributed by atoms with E-state index in [1.54, 1.807) is 22.9 Å². The monoisotopic (exact) mass is 623 g/mol. The van der Waals surface area contributed by atoms with Gasteiger partial charge in [-0.05, 0) is 49.7 Å². The Balaban J connectivity index is 1.67.